The van der Waals surface area contributed by atoms with Crippen molar-refractivity contribution in [3.8, 4) is 0 Å². The van der Waals surface area contributed by atoms with Crippen molar-refractivity contribution >= 4 is 38.4 Å². The van der Waals surface area contributed by atoms with Crippen molar-refractivity contribution in [3.63, 3.8) is 0 Å². The molecule has 1 aliphatic heterocycles. The molecule has 22 heavy (non-hydrogen) atoms. The van der Waals surface area contributed by atoms with Gasteiger partial charge in [-0.15, -0.1) is 0 Å². The molecule has 3 rings (SSSR count). The molecule has 1 fully saturated rings. The summed E-state index contributed by atoms with van der Waals surface area (Å²) < 4.78 is 29.9. The number of imidazole rings is 1. The molecule has 3 atom stereocenters. The normalized spacial score (nSPS) is 25.9. The average molecular weight is 348 g/mol. The monoisotopic (exact) mass is 347 g/mol. The number of rotatable bonds is 3. The second kappa shape index (κ2) is 5.30. The maximum Gasteiger partial charge on any atom is 0.226 e. The van der Waals surface area contributed by atoms with E-state index in [1.54, 1.807) is 4.57 Å². The summed E-state index contributed by atoms with van der Waals surface area (Å²) in [7, 11) is -3.27. The molecule has 2 aromatic heterocycles. The van der Waals surface area contributed by atoms with E-state index >= 15 is 0 Å². The number of aromatic nitrogens is 4. The van der Waals surface area contributed by atoms with E-state index in [0.29, 0.717) is 11.2 Å². The highest BCUT2D eigenvalue weighted by Gasteiger charge is 2.37. The fourth-order valence-corrected chi connectivity index (χ4v) is 3.52. The third-order valence-corrected chi connectivity index (χ3v) is 4.51. The molecule has 3 heterocycles. The SMILES string of the molecule is CS(=O)(=O)C[C@H]1O[C@@H](n2cnc3c(N)nc(Cl)nc32)C[C@@H]1O. The van der Waals surface area contributed by atoms with Gasteiger partial charge in [0.2, 0.25) is 5.28 Å². The second-order valence-corrected chi connectivity index (χ2v) is 7.75. The van der Waals surface area contributed by atoms with Crippen molar-refractivity contribution in [3.05, 3.63) is 11.6 Å². The van der Waals surface area contributed by atoms with Crippen molar-refractivity contribution in [1.29, 1.82) is 0 Å². The van der Waals surface area contributed by atoms with Gasteiger partial charge in [-0.05, 0) is 11.6 Å². The standard InChI is InChI=1S/C11H14ClN5O4S/c1-22(19,20)3-6-5(18)2-7(21-6)17-4-14-8-9(13)15-11(12)16-10(8)17/h4-7,18H,2-3H2,1H3,(H2,13,15,16)/t5-,6+,7+/m0/s1. The fraction of sp³-hybridized carbons (Fsp3) is 0.545. The van der Waals surface area contributed by atoms with Gasteiger partial charge in [0.15, 0.2) is 11.5 Å². The van der Waals surface area contributed by atoms with Crippen LogP contribution >= 0.6 is 11.6 Å². The summed E-state index contributed by atoms with van der Waals surface area (Å²) >= 11 is 5.79. The van der Waals surface area contributed by atoms with Gasteiger partial charge in [-0.25, -0.2) is 13.4 Å². The molecule has 0 bridgehead atoms. The number of nitrogens with two attached hydrogens (primary N) is 1. The number of fused-ring (bicyclic) bond motifs is 1. The molecule has 0 aromatic carbocycles. The summed E-state index contributed by atoms with van der Waals surface area (Å²) in [6.45, 7) is 0. The Bertz CT molecular complexity index is 823. The summed E-state index contributed by atoms with van der Waals surface area (Å²) in [6, 6.07) is 0. The van der Waals surface area contributed by atoms with Gasteiger partial charge in [0.25, 0.3) is 0 Å². The van der Waals surface area contributed by atoms with Crippen LogP contribution in [0.4, 0.5) is 5.82 Å². The first kappa shape index (κ1) is 15.4. The minimum Gasteiger partial charge on any atom is -0.390 e. The fourth-order valence-electron chi connectivity index (χ4n) is 2.46. The zero-order valence-electron chi connectivity index (χ0n) is 11.5. The lowest BCUT2D eigenvalue weighted by atomic mass is 10.2. The summed E-state index contributed by atoms with van der Waals surface area (Å²) in [5.74, 6) is -0.116. The van der Waals surface area contributed by atoms with E-state index in [4.69, 9.17) is 22.1 Å². The van der Waals surface area contributed by atoms with Crippen LogP contribution in [0.2, 0.25) is 5.28 Å². The van der Waals surface area contributed by atoms with E-state index in [1.807, 2.05) is 0 Å². The number of sulfone groups is 1. The number of halogens is 1. The Morgan fingerprint density at radius 1 is 1.55 bits per heavy atom. The van der Waals surface area contributed by atoms with E-state index in [2.05, 4.69) is 15.0 Å². The minimum absolute atomic E-state index is 0.0296. The van der Waals surface area contributed by atoms with Crippen molar-refractivity contribution < 1.29 is 18.3 Å². The number of hydrogen-bond acceptors (Lipinski definition) is 8. The topological polar surface area (TPSA) is 133 Å². The Hall–Kier alpha value is -1.49. The third-order valence-electron chi connectivity index (χ3n) is 3.40. The number of nitrogens with zero attached hydrogens (tertiary/aromatic N) is 4. The predicted molar refractivity (Wildman–Crippen MR) is 79.0 cm³/mol. The Labute approximate surface area is 131 Å². The maximum absolute atomic E-state index is 11.4. The number of nitrogen functional groups attached to an aromatic ring is 1. The molecule has 2 aromatic rings. The first-order valence-electron chi connectivity index (χ1n) is 6.41. The molecule has 0 unspecified atom stereocenters. The lowest BCUT2D eigenvalue weighted by Crippen LogP contribution is -2.29. The van der Waals surface area contributed by atoms with Gasteiger partial charge < -0.3 is 15.6 Å². The molecule has 1 aliphatic rings. The van der Waals surface area contributed by atoms with Crippen LogP contribution in [0.15, 0.2) is 6.33 Å². The van der Waals surface area contributed by atoms with Crippen LogP contribution in [-0.4, -0.2) is 57.3 Å². The van der Waals surface area contributed by atoms with E-state index in [-0.39, 0.29) is 23.3 Å². The number of aliphatic hydroxyl groups excluding tert-OH is 1. The molecule has 0 saturated carbocycles. The lowest BCUT2D eigenvalue weighted by Gasteiger charge is -2.14. The first-order valence-corrected chi connectivity index (χ1v) is 8.85. The van der Waals surface area contributed by atoms with Gasteiger partial charge in [0.1, 0.15) is 27.7 Å². The van der Waals surface area contributed by atoms with Crippen molar-refractivity contribution in [2.45, 2.75) is 24.9 Å². The molecule has 3 N–H and O–H groups in total. The molecule has 9 nitrogen and oxygen atoms in total. The van der Waals surface area contributed by atoms with Crippen molar-refractivity contribution in [2.24, 2.45) is 0 Å². The van der Waals surface area contributed by atoms with Gasteiger partial charge in [0.05, 0.1) is 18.2 Å². The van der Waals surface area contributed by atoms with Crippen molar-refractivity contribution in [2.75, 3.05) is 17.7 Å². The molecule has 1 saturated heterocycles. The average Bonchev–Trinajstić information content (AvgIpc) is 2.92. The minimum atomic E-state index is -3.27. The van der Waals surface area contributed by atoms with Gasteiger partial charge in [0, 0.05) is 12.7 Å². The number of hydrogen-bond donors (Lipinski definition) is 2. The maximum atomic E-state index is 11.4. The van der Waals surface area contributed by atoms with Crippen LogP contribution < -0.4 is 5.73 Å². The van der Waals surface area contributed by atoms with Gasteiger partial charge in [-0.3, -0.25) is 4.57 Å². The van der Waals surface area contributed by atoms with Crippen LogP contribution in [-0.2, 0) is 14.6 Å². The molecule has 0 radical (unpaired) electrons. The molecular weight excluding hydrogens is 334 g/mol. The summed E-state index contributed by atoms with van der Waals surface area (Å²) in [6.07, 6.45) is 0.465. The van der Waals surface area contributed by atoms with E-state index in [1.165, 1.54) is 6.33 Å². The second-order valence-electron chi connectivity index (χ2n) is 5.23. The highest BCUT2D eigenvalue weighted by Crippen LogP contribution is 2.32. The molecule has 0 spiro atoms. The Balaban J connectivity index is 1.93. The van der Waals surface area contributed by atoms with Crippen LogP contribution in [0.1, 0.15) is 12.6 Å². The van der Waals surface area contributed by atoms with Gasteiger partial charge >= 0.3 is 0 Å². The van der Waals surface area contributed by atoms with Gasteiger partial charge in [-0.2, -0.15) is 9.97 Å². The van der Waals surface area contributed by atoms with Crippen LogP contribution in [0.25, 0.3) is 11.2 Å². The van der Waals surface area contributed by atoms with Gasteiger partial charge in [-0.1, -0.05) is 0 Å². The largest absolute Gasteiger partial charge is 0.390 e. The Kier molecular flexibility index (Phi) is 3.71. The molecule has 11 heteroatoms. The molecule has 0 amide bonds. The number of ether oxygens (including phenoxy) is 1. The Morgan fingerprint density at radius 3 is 2.95 bits per heavy atom. The lowest BCUT2D eigenvalue weighted by molar-refractivity contribution is -0.00448. The quantitative estimate of drug-likeness (QED) is 0.726. The van der Waals surface area contributed by atoms with E-state index < -0.39 is 28.3 Å². The zero-order valence-corrected chi connectivity index (χ0v) is 13.1. The summed E-state index contributed by atoms with van der Waals surface area (Å²) in [5.41, 5.74) is 6.47. The predicted octanol–water partition coefficient (Wildman–Crippen LogP) is -0.245. The summed E-state index contributed by atoms with van der Waals surface area (Å²) in [4.78, 5) is 12.0. The molecular formula is C11H14ClN5O4S. The van der Waals surface area contributed by atoms with Crippen LogP contribution in [0.3, 0.4) is 0 Å². The van der Waals surface area contributed by atoms with E-state index in [9.17, 15) is 13.5 Å². The zero-order chi connectivity index (χ0) is 16.1. The molecule has 0 aliphatic carbocycles. The van der Waals surface area contributed by atoms with Crippen molar-refractivity contribution in [1.82, 2.24) is 19.5 Å². The highest BCUT2D eigenvalue weighted by molar-refractivity contribution is 7.90. The summed E-state index contributed by atoms with van der Waals surface area (Å²) in [5, 5.41) is 9.97. The third kappa shape index (κ3) is 2.86. The highest BCUT2D eigenvalue weighted by atomic mass is 35.5. The number of aliphatic hydroxyl groups is 1. The van der Waals surface area contributed by atoms with Crippen LogP contribution in [0.5, 0.6) is 0 Å². The van der Waals surface area contributed by atoms with E-state index in [0.717, 1.165) is 6.26 Å². The van der Waals surface area contributed by atoms with Crippen LogP contribution in [0, 0.1) is 0 Å². The molecule has 120 valence electrons. The first-order chi connectivity index (χ1) is 10.2. The number of anilines is 1. The Morgan fingerprint density at radius 2 is 2.27 bits per heavy atom. The smallest absolute Gasteiger partial charge is 0.226 e.